The molecule has 150 valence electrons. The van der Waals surface area contributed by atoms with Gasteiger partial charge in [0.2, 0.25) is 11.6 Å². The van der Waals surface area contributed by atoms with Crippen molar-refractivity contribution >= 4 is 23.5 Å². The molecule has 0 aliphatic heterocycles. The molecule has 6 heteroatoms. The summed E-state index contributed by atoms with van der Waals surface area (Å²) in [6.07, 6.45) is -0.0222. The highest BCUT2D eigenvalue weighted by Crippen LogP contribution is 2.45. The van der Waals surface area contributed by atoms with E-state index in [9.17, 15) is 19.2 Å². The molecule has 0 unspecified atom stereocenters. The molecule has 0 spiro atoms. The van der Waals surface area contributed by atoms with Crippen LogP contribution < -0.4 is 4.74 Å². The van der Waals surface area contributed by atoms with E-state index in [0.717, 1.165) is 5.56 Å². The lowest BCUT2D eigenvalue weighted by Gasteiger charge is -2.28. The van der Waals surface area contributed by atoms with Crippen LogP contribution in [-0.4, -0.2) is 23.5 Å². The summed E-state index contributed by atoms with van der Waals surface area (Å²) in [7, 11) is 0. The van der Waals surface area contributed by atoms with Gasteiger partial charge < -0.3 is 9.47 Å². The van der Waals surface area contributed by atoms with Gasteiger partial charge >= 0.3 is 11.9 Å². The Labute approximate surface area is 168 Å². The Bertz CT molecular complexity index is 983. The molecule has 0 atom stereocenters. The van der Waals surface area contributed by atoms with Crippen molar-refractivity contribution in [2.45, 2.75) is 45.6 Å². The Kier molecular flexibility index (Phi) is 5.38. The zero-order valence-electron chi connectivity index (χ0n) is 16.8. The average Bonchev–Trinajstić information content (AvgIpc) is 2.90. The Morgan fingerprint density at radius 1 is 1.00 bits per heavy atom. The number of fused-ring (bicyclic) bond motifs is 1. The van der Waals surface area contributed by atoms with E-state index in [4.69, 9.17) is 9.47 Å². The van der Waals surface area contributed by atoms with Gasteiger partial charge in [0.1, 0.15) is 5.75 Å². The minimum absolute atomic E-state index is 0.0222. The first-order valence-electron chi connectivity index (χ1n) is 9.45. The Balaban J connectivity index is 2.30. The van der Waals surface area contributed by atoms with Crippen LogP contribution in [-0.2, 0) is 19.9 Å². The fourth-order valence-electron chi connectivity index (χ4n) is 3.42. The SMILES string of the molecule is CCC(=O)OC1(c2ccc(C(C)C)cc2OC(C)=O)C(=O)c2ccccc2C1=O. The van der Waals surface area contributed by atoms with Crippen molar-refractivity contribution in [1.29, 1.82) is 0 Å². The smallest absolute Gasteiger partial charge is 0.308 e. The summed E-state index contributed by atoms with van der Waals surface area (Å²) < 4.78 is 10.9. The maximum atomic E-state index is 13.4. The number of esters is 2. The van der Waals surface area contributed by atoms with E-state index in [2.05, 4.69) is 0 Å². The number of Topliss-reactive ketones (excluding diaryl/α,β-unsaturated/α-hetero) is 2. The summed E-state index contributed by atoms with van der Waals surface area (Å²) >= 11 is 0. The predicted molar refractivity (Wildman–Crippen MR) is 105 cm³/mol. The van der Waals surface area contributed by atoms with Crippen LogP contribution in [0.5, 0.6) is 5.75 Å². The second-order valence-corrected chi connectivity index (χ2v) is 7.22. The van der Waals surface area contributed by atoms with E-state index in [1.165, 1.54) is 25.1 Å². The van der Waals surface area contributed by atoms with Gasteiger partial charge in [-0.15, -0.1) is 0 Å². The predicted octanol–water partition coefficient (Wildman–Crippen LogP) is 3.96. The van der Waals surface area contributed by atoms with Crippen LogP contribution in [0.15, 0.2) is 42.5 Å². The van der Waals surface area contributed by atoms with Crippen LogP contribution in [0.4, 0.5) is 0 Å². The van der Waals surface area contributed by atoms with Crippen LogP contribution in [0.2, 0.25) is 0 Å². The van der Waals surface area contributed by atoms with Crippen molar-refractivity contribution in [2.24, 2.45) is 0 Å². The molecule has 0 radical (unpaired) electrons. The summed E-state index contributed by atoms with van der Waals surface area (Å²) in [5.41, 5.74) is -0.981. The normalized spacial score (nSPS) is 14.7. The molecule has 0 heterocycles. The first-order valence-corrected chi connectivity index (χ1v) is 9.45. The number of carbonyl (C=O) groups excluding carboxylic acids is 4. The fourth-order valence-corrected chi connectivity index (χ4v) is 3.42. The van der Waals surface area contributed by atoms with Gasteiger partial charge in [-0.1, -0.05) is 51.1 Å². The third kappa shape index (κ3) is 3.35. The van der Waals surface area contributed by atoms with Crippen LogP contribution in [0, 0.1) is 0 Å². The van der Waals surface area contributed by atoms with E-state index < -0.39 is 29.1 Å². The average molecular weight is 394 g/mol. The summed E-state index contributed by atoms with van der Waals surface area (Å²) in [6, 6.07) is 11.2. The van der Waals surface area contributed by atoms with E-state index in [0.29, 0.717) is 0 Å². The summed E-state index contributed by atoms with van der Waals surface area (Å²) in [6.45, 7) is 6.72. The van der Waals surface area contributed by atoms with Gasteiger partial charge in [-0.25, -0.2) is 0 Å². The standard InChI is InChI=1S/C23H22O6/c1-5-20(25)29-23(21(26)16-8-6-7-9-17(16)22(23)27)18-11-10-15(13(2)3)12-19(18)28-14(4)24/h6-13H,5H2,1-4H3. The van der Waals surface area contributed by atoms with Crippen molar-refractivity contribution in [1.82, 2.24) is 0 Å². The highest BCUT2D eigenvalue weighted by atomic mass is 16.6. The molecule has 1 aliphatic carbocycles. The van der Waals surface area contributed by atoms with E-state index in [-0.39, 0.29) is 34.8 Å². The lowest BCUT2D eigenvalue weighted by molar-refractivity contribution is -0.152. The molecule has 1 aliphatic rings. The molecule has 0 saturated heterocycles. The van der Waals surface area contributed by atoms with Gasteiger partial charge in [0.15, 0.2) is 0 Å². The van der Waals surface area contributed by atoms with Crippen LogP contribution in [0.3, 0.4) is 0 Å². The topological polar surface area (TPSA) is 86.7 Å². The minimum Gasteiger partial charge on any atom is -0.437 e. The number of rotatable bonds is 5. The number of ketones is 2. The fraction of sp³-hybridized carbons (Fsp3) is 0.304. The van der Waals surface area contributed by atoms with Crippen LogP contribution in [0.1, 0.15) is 71.9 Å². The maximum absolute atomic E-state index is 13.4. The molecular weight excluding hydrogens is 372 g/mol. The van der Waals surface area contributed by atoms with E-state index >= 15 is 0 Å². The zero-order valence-corrected chi connectivity index (χ0v) is 16.8. The Morgan fingerprint density at radius 2 is 1.59 bits per heavy atom. The highest BCUT2D eigenvalue weighted by molar-refractivity contribution is 6.32. The van der Waals surface area contributed by atoms with Crippen molar-refractivity contribution in [3.8, 4) is 5.75 Å². The van der Waals surface area contributed by atoms with Gasteiger partial charge in [-0.2, -0.15) is 0 Å². The van der Waals surface area contributed by atoms with Crippen molar-refractivity contribution in [2.75, 3.05) is 0 Å². The lowest BCUT2D eigenvalue weighted by atomic mass is 9.86. The molecule has 0 fully saturated rings. The molecule has 29 heavy (non-hydrogen) atoms. The number of hydrogen-bond acceptors (Lipinski definition) is 6. The summed E-state index contributed by atoms with van der Waals surface area (Å²) in [4.78, 5) is 50.8. The molecule has 2 aromatic rings. The Morgan fingerprint density at radius 3 is 2.07 bits per heavy atom. The maximum Gasteiger partial charge on any atom is 0.308 e. The molecule has 2 aromatic carbocycles. The number of benzene rings is 2. The van der Waals surface area contributed by atoms with Crippen molar-refractivity contribution < 1.29 is 28.7 Å². The third-order valence-corrected chi connectivity index (χ3v) is 4.92. The van der Waals surface area contributed by atoms with Gasteiger partial charge in [-0.3, -0.25) is 19.2 Å². The van der Waals surface area contributed by atoms with Crippen LogP contribution in [0.25, 0.3) is 0 Å². The molecule has 0 aromatic heterocycles. The van der Waals surface area contributed by atoms with Crippen molar-refractivity contribution in [3.63, 3.8) is 0 Å². The number of hydrogen-bond donors (Lipinski definition) is 0. The Hall–Kier alpha value is -3.28. The largest absolute Gasteiger partial charge is 0.437 e. The monoisotopic (exact) mass is 394 g/mol. The third-order valence-electron chi connectivity index (χ3n) is 4.92. The summed E-state index contributed by atoms with van der Waals surface area (Å²) in [5, 5.41) is 0. The minimum atomic E-state index is -2.21. The molecule has 3 rings (SSSR count). The van der Waals surface area contributed by atoms with Gasteiger partial charge in [0, 0.05) is 24.5 Å². The first-order chi connectivity index (χ1) is 13.7. The number of carbonyl (C=O) groups is 4. The van der Waals surface area contributed by atoms with E-state index in [1.54, 1.807) is 31.2 Å². The molecule has 0 saturated carbocycles. The first kappa shape index (κ1) is 20.5. The van der Waals surface area contributed by atoms with Crippen LogP contribution >= 0.6 is 0 Å². The molecule has 0 bridgehead atoms. The molecule has 0 amide bonds. The molecule has 6 nitrogen and oxygen atoms in total. The van der Waals surface area contributed by atoms with Gasteiger partial charge in [0.25, 0.3) is 5.60 Å². The lowest BCUT2D eigenvalue weighted by Crippen LogP contribution is -2.43. The molecule has 0 N–H and O–H groups in total. The second kappa shape index (κ2) is 7.62. The zero-order chi connectivity index (χ0) is 21.3. The second-order valence-electron chi connectivity index (χ2n) is 7.22. The highest BCUT2D eigenvalue weighted by Gasteiger charge is 2.59. The van der Waals surface area contributed by atoms with Gasteiger partial charge in [-0.05, 0) is 23.6 Å². The van der Waals surface area contributed by atoms with E-state index in [1.807, 2.05) is 13.8 Å². The quantitative estimate of drug-likeness (QED) is 0.433. The number of ether oxygens (including phenoxy) is 2. The molecular formula is C23H22O6. The van der Waals surface area contributed by atoms with Crippen molar-refractivity contribution in [3.05, 3.63) is 64.7 Å². The summed E-state index contributed by atoms with van der Waals surface area (Å²) in [5.74, 6) is -2.47. The van der Waals surface area contributed by atoms with Gasteiger partial charge in [0.05, 0.1) is 5.56 Å².